The molecule has 0 saturated carbocycles. The number of amides is 2. The van der Waals surface area contributed by atoms with Crippen molar-refractivity contribution in [1.82, 2.24) is 10.4 Å². The van der Waals surface area contributed by atoms with E-state index >= 15 is 0 Å². The Bertz CT molecular complexity index is 976. The van der Waals surface area contributed by atoms with E-state index in [-0.39, 0.29) is 10.7 Å². The van der Waals surface area contributed by atoms with E-state index in [0.29, 0.717) is 49.3 Å². The van der Waals surface area contributed by atoms with Gasteiger partial charge in [0.15, 0.2) is 5.11 Å². The van der Waals surface area contributed by atoms with Crippen LogP contribution in [0, 0.1) is 6.92 Å². The molecule has 2 fully saturated rings. The second-order valence-corrected chi connectivity index (χ2v) is 6.92. The number of furan rings is 1. The highest BCUT2D eigenvalue weighted by Crippen LogP contribution is 2.25. The van der Waals surface area contributed by atoms with E-state index in [0.717, 1.165) is 0 Å². The molecule has 3 heterocycles. The molecule has 2 aliphatic heterocycles. The minimum atomic E-state index is -0.558. The van der Waals surface area contributed by atoms with E-state index in [2.05, 4.69) is 5.32 Å². The molecule has 9 heteroatoms. The van der Waals surface area contributed by atoms with Crippen molar-refractivity contribution in [3.63, 3.8) is 0 Å². The molecule has 0 spiro atoms. The van der Waals surface area contributed by atoms with Gasteiger partial charge in [0, 0.05) is 0 Å². The second kappa shape index (κ2) is 8.16. The molecule has 1 aromatic heterocycles. The fourth-order valence-corrected chi connectivity index (χ4v) is 3.29. The van der Waals surface area contributed by atoms with E-state index in [1.165, 1.54) is 11.0 Å². The maximum Gasteiger partial charge on any atom is 0.270 e. The maximum absolute atomic E-state index is 13.0. The molecule has 2 saturated heterocycles. The van der Waals surface area contributed by atoms with Crippen molar-refractivity contribution in [3.05, 3.63) is 53.5 Å². The average molecular weight is 413 g/mol. The van der Waals surface area contributed by atoms with Crippen LogP contribution in [-0.4, -0.2) is 48.3 Å². The molecule has 2 aliphatic rings. The Morgan fingerprint density at radius 1 is 1.10 bits per heavy atom. The number of hydroxylamine groups is 2. The van der Waals surface area contributed by atoms with Crippen LogP contribution < -0.4 is 15.1 Å². The minimum absolute atomic E-state index is 0.0228. The number of morpholine rings is 1. The van der Waals surface area contributed by atoms with Crippen LogP contribution >= 0.6 is 12.2 Å². The summed E-state index contributed by atoms with van der Waals surface area (Å²) in [5, 5.41) is 4.39. The van der Waals surface area contributed by atoms with E-state index in [1.807, 2.05) is 5.06 Å². The average Bonchev–Trinajstić information content (AvgIpc) is 3.12. The molecule has 8 nitrogen and oxygen atoms in total. The summed E-state index contributed by atoms with van der Waals surface area (Å²) in [5.41, 5.74) is 0.470. The van der Waals surface area contributed by atoms with Gasteiger partial charge in [0.1, 0.15) is 22.8 Å². The summed E-state index contributed by atoms with van der Waals surface area (Å²) in [5.74, 6) is 0.663. The number of aryl methyl sites for hydroxylation is 1. The fourth-order valence-electron chi connectivity index (χ4n) is 3.01. The van der Waals surface area contributed by atoms with Crippen LogP contribution in [0.15, 0.2) is 46.4 Å². The van der Waals surface area contributed by atoms with Gasteiger partial charge < -0.3 is 14.0 Å². The molecule has 4 rings (SSSR count). The van der Waals surface area contributed by atoms with Crippen molar-refractivity contribution in [2.24, 2.45) is 0 Å². The van der Waals surface area contributed by atoms with Crippen LogP contribution in [0.5, 0.6) is 5.75 Å². The molecule has 150 valence electrons. The molecule has 29 heavy (non-hydrogen) atoms. The Kier molecular flexibility index (Phi) is 5.43. The van der Waals surface area contributed by atoms with Gasteiger partial charge in [0.2, 0.25) is 0 Å². The van der Waals surface area contributed by atoms with Gasteiger partial charge in [0.25, 0.3) is 11.8 Å². The Hall–Kier alpha value is -3.01. The van der Waals surface area contributed by atoms with Gasteiger partial charge in [-0.3, -0.25) is 19.8 Å². The van der Waals surface area contributed by atoms with Crippen molar-refractivity contribution >= 4 is 40.9 Å². The standard InChI is InChI=1S/C20H19N3O5S/c1-13-2-5-16(27-13)12-17-18(24)21-20(29)23(19(17)25)14-3-6-15(7-4-14)28-22-8-10-26-11-9-22/h2-7,12H,8-11H2,1H3,(H,21,24,29)/b17-12-. The zero-order chi connectivity index (χ0) is 20.4. The number of thiocarbonyl (C=S) groups is 1. The predicted octanol–water partition coefficient (Wildman–Crippen LogP) is 2.05. The number of nitrogens with zero attached hydrogens (tertiary/aromatic N) is 2. The maximum atomic E-state index is 13.0. The van der Waals surface area contributed by atoms with Gasteiger partial charge in [-0.1, -0.05) is 0 Å². The molecule has 0 radical (unpaired) electrons. The predicted molar refractivity (Wildman–Crippen MR) is 109 cm³/mol. The lowest BCUT2D eigenvalue weighted by Crippen LogP contribution is -2.54. The number of anilines is 1. The largest absolute Gasteiger partial charge is 0.462 e. The summed E-state index contributed by atoms with van der Waals surface area (Å²) in [6, 6.07) is 10.4. The minimum Gasteiger partial charge on any atom is -0.462 e. The van der Waals surface area contributed by atoms with Gasteiger partial charge in [0.05, 0.1) is 32.0 Å². The van der Waals surface area contributed by atoms with Gasteiger partial charge in [-0.15, -0.1) is 5.06 Å². The van der Waals surface area contributed by atoms with Crippen LogP contribution in [0.3, 0.4) is 0 Å². The molecule has 0 atom stereocenters. The number of carbonyl (C=O) groups is 2. The first-order chi connectivity index (χ1) is 14.0. The molecular formula is C20H19N3O5S. The molecule has 0 bridgehead atoms. The zero-order valence-corrected chi connectivity index (χ0v) is 16.5. The Morgan fingerprint density at radius 2 is 1.83 bits per heavy atom. The summed E-state index contributed by atoms with van der Waals surface area (Å²) in [6.45, 7) is 4.40. The SMILES string of the molecule is Cc1ccc(/C=C2/C(=O)NC(=S)N(c3ccc(ON4CCOCC4)cc3)C2=O)o1. The zero-order valence-electron chi connectivity index (χ0n) is 15.7. The highest BCUT2D eigenvalue weighted by molar-refractivity contribution is 7.80. The topological polar surface area (TPSA) is 84.3 Å². The van der Waals surface area contributed by atoms with Gasteiger partial charge in [-0.2, -0.15) is 0 Å². The number of carbonyl (C=O) groups excluding carboxylic acids is 2. The molecule has 0 unspecified atom stereocenters. The fraction of sp³-hybridized carbons (Fsp3) is 0.250. The lowest BCUT2D eigenvalue weighted by atomic mass is 10.1. The summed E-state index contributed by atoms with van der Waals surface area (Å²) >= 11 is 5.22. The Labute approximate surface area is 172 Å². The number of ether oxygens (including phenoxy) is 1. The summed E-state index contributed by atoms with van der Waals surface area (Å²) in [6.07, 6.45) is 1.41. The van der Waals surface area contributed by atoms with Crippen LogP contribution in [0.4, 0.5) is 5.69 Å². The third-order valence-corrected chi connectivity index (χ3v) is 4.73. The third kappa shape index (κ3) is 4.21. The monoisotopic (exact) mass is 413 g/mol. The van der Waals surface area contributed by atoms with E-state index in [4.69, 9.17) is 26.2 Å². The van der Waals surface area contributed by atoms with E-state index in [1.54, 1.807) is 43.3 Å². The molecule has 0 aliphatic carbocycles. The quantitative estimate of drug-likeness (QED) is 0.467. The van der Waals surface area contributed by atoms with Crippen LogP contribution in [-0.2, 0) is 14.3 Å². The lowest BCUT2D eigenvalue weighted by Gasteiger charge is -2.29. The number of hydrogen-bond donors (Lipinski definition) is 1. The smallest absolute Gasteiger partial charge is 0.270 e. The molecule has 2 amide bonds. The highest BCUT2D eigenvalue weighted by atomic mass is 32.1. The Morgan fingerprint density at radius 3 is 2.48 bits per heavy atom. The number of rotatable bonds is 4. The van der Waals surface area contributed by atoms with Gasteiger partial charge in [-0.25, -0.2) is 0 Å². The summed E-state index contributed by atoms with van der Waals surface area (Å²) in [4.78, 5) is 32.3. The molecule has 2 aromatic rings. The highest BCUT2D eigenvalue weighted by Gasteiger charge is 2.34. The Balaban J connectivity index is 1.54. The van der Waals surface area contributed by atoms with Crippen LogP contribution in [0.2, 0.25) is 0 Å². The van der Waals surface area contributed by atoms with Gasteiger partial charge in [-0.05, 0) is 61.6 Å². The van der Waals surface area contributed by atoms with E-state index in [9.17, 15) is 9.59 Å². The number of hydrogen-bond acceptors (Lipinski definition) is 7. The van der Waals surface area contributed by atoms with E-state index < -0.39 is 11.8 Å². The third-order valence-electron chi connectivity index (χ3n) is 4.45. The normalized spacial score (nSPS) is 19.6. The van der Waals surface area contributed by atoms with Crippen molar-refractivity contribution < 1.29 is 23.6 Å². The second-order valence-electron chi connectivity index (χ2n) is 6.53. The number of benzene rings is 1. The van der Waals surface area contributed by atoms with Crippen LogP contribution in [0.1, 0.15) is 11.5 Å². The summed E-state index contributed by atoms with van der Waals surface area (Å²) < 4.78 is 10.7. The molecule has 1 N–H and O–H groups in total. The summed E-state index contributed by atoms with van der Waals surface area (Å²) in [7, 11) is 0. The van der Waals surface area contributed by atoms with Crippen molar-refractivity contribution in [1.29, 1.82) is 0 Å². The molecule has 1 aromatic carbocycles. The van der Waals surface area contributed by atoms with Crippen molar-refractivity contribution in [3.8, 4) is 5.75 Å². The van der Waals surface area contributed by atoms with Crippen LogP contribution in [0.25, 0.3) is 6.08 Å². The van der Waals surface area contributed by atoms with Crippen molar-refractivity contribution in [2.45, 2.75) is 6.92 Å². The molecular weight excluding hydrogens is 394 g/mol. The first-order valence-corrected chi connectivity index (χ1v) is 9.51. The first-order valence-electron chi connectivity index (χ1n) is 9.10. The van der Waals surface area contributed by atoms with Gasteiger partial charge >= 0.3 is 0 Å². The number of nitrogens with one attached hydrogen (secondary N) is 1. The lowest BCUT2D eigenvalue weighted by molar-refractivity contribution is -0.122. The first kappa shape index (κ1) is 19.3. The van der Waals surface area contributed by atoms with Crippen molar-refractivity contribution in [2.75, 3.05) is 31.2 Å².